The Morgan fingerprint density at radius 2 is 1.97 bits per heavy atom. The van der Waals surface area contributed by atoms with E-state index in [0.29, 0.717) is 32.4 Å². The highest BCUT2D eigenvalue weighted by Crippen LogP contribution is 2.28. The Morgan fingerprint density at radius 1 is 1.08 bits per heavy atom. The van der Waals surface area contributed by atoms with E-state index in [1.165, 1.54) is 0 Å². The number of anilines is 2. The number of fused-ring (bicyclic) bond motifs is 7. The van der Waals surface area contributed by atoms with Crippen LogP contribution in [0.25, 0.3) is 11.3 Å². The van der Waals surface area contributed by atoms with Gasteiger partial charge in [0.2, 0.25) is 5.95 Å². The van der Waals surface area contributed by atoms with Crippen molar-refractivity contribution in [1.82, 2.24) is 14.9 Å². The maximum atomic E-state index is 6.16. The fourth-order valence-corrected chi connectivity index (χ4v) is 4.06. The molecule has 7 nitrogen and oxygen atoms in total. The predicted molar refractivity (Wildman–Crippen MR) is 144 cm³/mol. The molecule has 0 radical (unpaired) electrons. The number of aryl methyl sites for hydroxylation is 1. The number of hydrogen-bond acceptors (Lipinski definition) is 7. The topological polar surface area (TPSA) is 68.7 Å². The van der Waals surface area contributed by atoms with Gasteiger partial charge in [0.25, 0.3) is 0 Å². The van der Waals surface area contributed by atoms with E-state index in [4.69, 9.17) is 19.2 Å². The zero-order chi connectivity index (χ0) is 25.2. The van der Waals surface area contributed by atoms with Crippen LogP contribution in [-0.2, 0) is 11.3 Å². The summed E-state index contributed by atoms with van der Waals surface area (Å²) in [5.74, 6) is 2.20. The molecule has 6 bridgehead atoms. The van der Waals surface area contributed by atoms with Gasteiger partial charge in [-0.2, -0.15) is 0 Å². The van der Waals surface area contributed by atoms with Gasteiger partial charge >= 0.3 is 0 Å². The summed E-state index contributed by atoms with van der Waals surface area (Å²) in [6.45, 7) is 11.5. The first-order valence-corrected chi connectivity index (χ1v) is 12.7. The second-order valence-electron chi connectivity index (χ2n) is 8.70. The van der Waals surface area contributed by atoms with Gasteiger partial charge in [0, 0.05) is 29.6 Å². The Morgan fingerprint density at radius 3 is 2.83 bits per heavy atom. The van der Waals surface area contributed by atoms with Crippen molar-refractivity contribution >= 4 is 11.6 Å². The van der Waals surface area contributed by atoms with Crippen LogP contribution >= 0.6 is 0 Å². The number of hydrogen-bond donors (Lipinski definition) is 1. The Bertz CT molecular complexity index is 1160. The monoisotopic (exact) mass is 488 g/mol. The molecule has 0 unspecified atom stereocenters. The van der Waals surface area contributed by atoms with E-state index in [-0.39, 0.29) is 0 Å². The maximum Gasteiger partial charge on any atom is 0.227 e. The van der Waals surface area contributed by atoms with E-state index in [1.54, 1.807) is 0 Å². The van der Waals surface area contributed by atoms with Gasteiger partial charge in [-0.1, -0.05) is 38.1 Å². The van der Waals surface area contributed by atoms with E-state index >= 15 is 0 Å². The van der Waals surface area contributed by atoms with Crippen molar-refractivity contribution in [2.45, 2.75) is 33.8 Å². The van der Waals surface area contributed by atoms with Gasteiger partial charge in [-0.05, 0) is 62.3 Å². The minimum absolute atomic E-state index is 0.446. The van der Waals surface area contributed by atoms with Gasteiger partial charge in [0.05, 0.1) is 25.5 Å². The fourth-order valence-electron chi connectivity index (χ4n) is 4.06. The van der Waals surface area contributed by atoms with Gasteiger partial charge < -0.3 is 24.4 Å². The minimum atomic E-state index is 0.446. The quantitative estimate of drug-likeness (QED) is 0.442. The minimum Gasteiger partial charge on any atom is -0.493 e. The third kappa shape index (κ3) is 7.06. The molecule has 4 rings (SSSR count). The summed E-state index contributed by atoms with van der Waals surface area (Å²) >= 11 is 0. The number of benzene rings is 2. The zero-order valence-corrected chi connectivity index (χ0v) is 21.5. The van der Waals surface area contributed by atoms with Gasteiger partial charge in [0.1, 0.15) is 18.1 Å². The van der Waals surface area contributed by atoms with Crippen LogP contribution in [-0.4, -0.2) is 54.3 Å². The second kappa shape index (κ2) is 13.0. The normalized spacial score (nSPS) is 13.9. The summed E-state index contributed by atoms with van der Waals surface area (Å²) in [6.07, 6.45) is 6.78. The number of ether oxygens (including phenoxy) is 3. The summed E-state index contributed by atoms with van der Waals surface area (Å²) in [6, 6.07) is 14.1. The van der Waals surface area contributed by atoms with Crippen molar-refractivity contribution in [2.24, 2.45) is 0 Å². The van der Waals surface area contributed by atoms with Crippen LogP contribution in [0.2, 0.25) is 0 Å². The molecular weight excluding hydrogens is 452 g/mol. The highest BCUT2D eigenvalue weighted by molar-refractivity contribution is 5.67. The molecule has 2 heterocycles. The zero-order valence-electron chi connectivity index (χ0n) is 21.5. The van der Waals surface area contributed by atoms with Crippen LogP contribution in [0.4, 0.5) is 11.6 Å². The summed E-state index contributed by atoms with van der Waals surface area (Å²) in [5.41, 5.74) is 4.74. The molecule has 0 atom stereocenters. The predicted octanol–water partition coefficient (Wildman–Crippen LogP) is 5.77. The van der Waals surface area contributed by atoms with Crippen molar-refractivity contribution in [3.05, 3.63) is 71.9 Å². The maximum absolute atomic E-state index is 6.16. The molecule has 36 heavy (non-hydrogen) atoms. The lowest BCUT2D eigenvalue weighted by Gasteiger charge is -2.19. The average Bonchev–Trinajstić information content (AvgIpc) is 2.90. The average molecular weight is 489 g/mol. The largest absolute Gasteiger partial charge is 0.493 e. The molecule has 1 aliphatic rings. The molecule has 1 N–H and O–H groups in total. The number of aromatic nitrogens is 2. The Labute approximate surface area is 214 Å². The molecular formula is C29H36N4O3. The molecule has 0 spiro atoms. The van der Waals surface area contributed by atoms with Crippen LogP contribution in [0.3, 0.4) is 0 Å². The molecule has 0 saturated heterocycles. The summed E-state index contributed by atoms with van der Waals surface area (Å²) in [7, 11) is 0. The van der Waals surface area contributed by atoms with Crippen molar-refractivity contribution in [2.75, 3.05) is 44.8 Å². The standard InChI is InChI=1S/C29H36N4O3/c1-4-33(5-2)14-17-36-27-13-12-25-18-24(27)21-34-15-7-6-8-16-35-26-11-9-10-23(19-26)28-22(3)20-30-29(31-25)32-28/h6-7,9-13,18-20H,4-5,8,14-17,21H2,1-3H3,(H,30,31,32). The van der Waals surface area contributed by atoms with Crippen molar-refractivity contribution in [3.63, 3.8) is 0 Å². The van der Waals surface area contributed by atoms with Crippen LogP contribution in [0.15, 0.2) is 60.8 Å². The highest BCUT2D eigenvalue weighted by Gasteiger charge is 2.11. The molecule has 2 aromatic carbocycles. The third-order valence-electron chi connectivity index (χ3n) is 6.15. The van der Waals surface area contributed by atoms with Crippen molar-refractivity contribution < 1.29 is 14.2 Å². The fraction of sp³-hybridized carbons (Fsp3) is 0.379. The first-order chi connectivity index (χ1) is 17.7. The number of likely N-dealkylation sites (N-methyl/N-ethyl adjacent to an activating group) is 1. The second-order valence-corrected chi connectivity index (χ2v) is 8.70. The lowest BCUT2D eigenvalue weighted by molar-refractivity contribution is 0.143. The van der Waals surface area contributed by atoms with E-state index in [0.717, 1.165) is 65.6 Å². The summed E-state index contributed by atoms with van der Waals surface area (Å²) in [5, 5.41) is 3.36. The van der Waals surface area contributed by atoms with E-state index in [2.05, 4.69) is 41.2 Å². The lowest BCUT2D eigenvalue weighted by atomic mass is 10.1. The summed E-state index contributed by atoms with van der Waals surface area (Å²) in [4.78, 5) is 11.7. The molecule has 7 heteroatoms. The van der Waals surface area contributed by atoms with Crippen LogP contribution < -0.4 is 14.8 Å². The van der Waals surface area contributed by atoms with Crippen LogP contribution in [0.5, 0.6) is 11.5 Å². The lowest BCUT2D eigenvalue weighted by Crippen LogP contribution is -2.28. The Balaban J connectivity index is 1.60. The number of rotatable bonds is 6. The molecule has 0 saturated carbocycles. The first kappa shape index (κ1) is 25.7. The number of nitrogens with one attached hydrogen (secondary N) is 1. The molecule has 1 aliphatic heterocycles. The summed E-state index contributed by atoms with van der Waals surface area (Å²) < 4.78 is 18.1. The van der Waals surface area contributed by atoms with Gasteiger partial charge in [-0.15, -0.1) is 0 Å². The van der Waals surface area contributed by atoms with E-state index in [9.17, 15) is 0 Å². The smallest absolute Gasteiger partial charge is 0.227 e. The van der Waals surface area contributed by atoms with Gasteiger partial charge in [-0.25, -0.2) is 9.97 Å². The van der Waals surface area contributed by atoms with Gasteiger partial charge in [-0.3, -0.25) is 0 Å². The Hall–Kier alpha value is -3.42. The first-order valence-electron chi connectivity index (χ1n) is 12.7. The highest BCUT2D eigenvalue weighted by atomic mass is 16.5. The van der Waals surface area contributed by atoms with Gasteiger partial charge in [0.15, 0.2) is 0 Å². The molecule has 3 aromatic rings. The van der Waals surface area contributed by atoms with Crippen molar-refractivity contribution in [3.8, 4) is 22.8 Å². The molecule has 190 valence electrons. The third-order valence-corrected chi connectivity index (χ3v) is 6.15. The van der Waals surface area contributed by atoms with Crippen LogP contribution in [0.1, 0.15) is 31.4 Å². The molecule has 1 aromatic heterocycles. The van der Waals surface area contributed by atoms with Crippen LogP contribution in [0, 0.1) is 6.92 Å². The van der Waals surface area contributed by atoms with Crippen molar-refractivity contribution in [1.29, 1.82) is 0 Å². The molecule has 0 aliphatic carbocycles. The number of nitrogens with zero attached hydrogens (tertiary/aromatic N) is 3. The van der Waals surface area contributed by atoms with E-state index in [1.807, 2.05) is 55.6 Å². The van der Waals surface area contributed by atoms with E-state index < -0.39 is 0 Å². The molecule has 0 amide bonds. The Kier molecular flexibility index (Phi) is 9.30. The SMILES string of the molecule is CCN(CC)CCOc1ccc2cc1COCC=CCCOc1cccc(c1)-c1nc(ncc1C)N2. The molecule has 0 fully saturated rings.